The van der Waals surface area contributed by atoms with Gasteiger partial charge in [0.15, 0.2) is 0 Å². The molecule has 2 aromatic carbocycles. The van der Waals surface area contributed by atoms with Crippen molar-refractivity contribution < 1.29 is 13.2 Å². The molecule has 0 saturated heterocycles. The summed E-state index contributed by atoms with van der Waals surface area (Å²) in [5, 5.41) is 2.76. The molecule has 0 aliphatic rings. The van der Waals surface area contributed by atoms with Crippen LogP contribution in [0.2, 0.25) is 0 Å². The van der Waals surface area contributed by atoms with E-state index >= 15 is 0 Å². The zero-order chi connectivity index (χ0) is 19.2. The van der Waals surface area contributed by atoms with Gasteiger partial charge >= 0.3 is 6.03 Å². The Hall–Kier alpha value is -2.19. The minimum Gasteiger partial charge on any atom is -0.325 e. The predicted molar refractivity (Wildman–Crippen MR) is 107 cm³/mol. The van der Waals surface area contributed by atoms with Gasteiger partial charge in [-0.25, -0.2) is 13.2 Å². The highest BCUT2D eigenvalue weighted by Gasteiger charge is 2.16. The number of hydrogen-bond acceptors (Lipinski definition) is 4. The van der Waals surface area contributed by atoms with Gasteiger partial charge in [-0.15, -0.1) is 11.8 Å². The summed E-state index contributed by atoms with van der Waals surface area (Å²) < 4.78 is 27.8. The molecule has 6 nitrogen and oxygen atoms in total. The second-order valence-corrected chi connectivity index (χ2v) is 7.96. The van der Waals surface area contributed by atoms with Gasteiger partial charge in [0.1, 0.15) is 0 Å². The average molecular weight is 394 g/mol. The summed E-state index contributed by atoms with van der Waals surface area (Å²) in [5.74, 6) is 0. The third-order valence-corrected chi connectivity index (χ3v) is 6.00. The third-order valence-electron chi connectivity index (χ3n) is 3.82. The number of anilines is 2. The van der Waals surface area contributed by atoms with Crippen molar-refractivity contribution in [2.75, 3.05) is 29.4 Å². The van der Waals surface area contributed by atoms with E-state index in [1.54, 1.807) is 29.2 Å². The van der Waals surface area contributed by atoms with Crippen LogP contribution in [0.5, 0.6) is 0 Å². The van der Waals surface area contributed by atoms with E-state index in [4.69, 9.17) is 0 Å². The zero-order valence-electron chi connectivity index (χ0n) is 15.0. The Kier molecular flexibility index (Phi) is 6.93. The predicted octanol–water partition coefficient (Wildman–Crippen LogP) is 4.08. The number of thioether (sulfide) groups is 1. The maximum atomic E-state index is 12.6. The van der Waals surface area contributed by atoms with Crippen LogP contribution >= 0.6 is 11.8 Å². The molecule has 0 atom stereocenters. The van der Waals surface area contributed by atoms with E-state index in [-0.39, 0.29) is 10.9 Å². The Morgan fingerprint density at radius 2 is 1.65 bits per heavy atom. The molecule has 0 spiro atoms. The molecular formula is C18H23N3O3S2. The number of nitrogens with one attached hydrogen (secondary N) is 2. The summed E-state index contributed by atoms with van der Waals surface area (Å²) in [6, 6.07) is 13.1. The van der Waals surface area contributed by atoms with Crippen molar-refractivity contribution in [3.63, 3.8) is 0 Å². The molecule has 0 bridgehead atoms. The van der Waals surface area contributed by atoms with Gasteiger partial charge in [0.25, 0.3) is 10.0 Å². The van der Waals surface area contributed by atoms with Crippen molar-refractivity contribution in [3.05, 3.63) is 48.5 Å². The summed E-state index contributed by atoms with van der Waals surface area (Å²) >= 11 is 1.47. The van der Waals surface area contributed by atoms with Crippen LogP contribution < -0.4 is 10.0 Å². The minimum atomic E-state index is -3.70. The number of carbonyl (C=O) groups is 1. The van der Waals surface area contributed by atoms with Crippen LogP contribution in [0.3, 0.4) is 0 Å². The lowest BCUT2D eigenvalue weighted by Crippen LogP contribution is -2.34. The fraction of sp³-hybridized carbons (Fsp3) is 0.278. The summed E-state index contributed by atoms with van der Waals surface area (Å²) in [6.07, 6.45) is 1.89. The summed E-state index contributed by atoms with van der Waals surface area (Å²) in [5.41, 5.74) is 1.09. The van der Waals surface area contributed by atoms with Crippen LogP contribution in [0.1, 0.15) is 13.8 Å². The number of benzene rings is 2. The van der Waals surface area contributed by atoms with Gasteiger partial charge in [0, 0.05) is 23.7 Å². The number of hydrogen-bond donors (Lipinski definition) is 2. The fourth-order valence-corrected chi connectivity index (χ4v) is 4.06. The second-order valence-electron chi connectivity index (χ2n) is 5.43. The Morgan fingerprint density at radius 3 is 2.23 bits per heavy atom. The maximum absolute atomic E-state index is 12.6. The first-order chi connectivity index (χ1) is 12.4. The lowest BCUT2D eigenvalue weighted by atomic mass is 10.3. The molecule has 2 aromatic rings. The smallest absolute Gasteiger partial charge is 0.321 e. The monoisotopic (exact) mass is 393 g/mol. The molecule has 0 heterocycles. The van der Waals surface area contributed by atoms with E-state index in [2.05, 4.69) is 10.0 Å². The molecule has 2 amide bonds. The molecule has 0 fully saturated rings. The lowest BCUT2D eigenvalue weighted by molar-refractivity contribution is 0.217. The van der Waals surface area contributed by atoms with Crippen molar-refractivity contribution in [3.8, 4) is 0 Å². The molecule has 26 heavy (non-hydrogen) atoms. The van der Waals surface area contributed by atoms with Gasteiger partial charge < -0.3 is 10.2 Å². The molecule has 140 valence electrons. The number of amides is 2. The molecule has 0 aliphatic heterocycles. The number of sulfonamides is 1. The molecule has 0 aliphatic carbocycles. The molecule has 8 heteroatoms. The Balaban J connectivity index is 2.15. The van der Waals surface area contributed by atoms with Gasteiger partial charge in [-0.3, -0.25) is 4.72 Å². The number of carbonyl (C=O) groups excluding carboxylic acids is 1. The van der Waals surface area contributed by atoms with E-state index in [9.17, 15) is 13.2 Å². The maximum Gasteiger partial charge on any atom is 0.321 e. The first kappa shape index (κ1) is 20.1. The summed E-state index contributed by atoms with van der Waals surface area (Å²) in [4.78, 5) is 14.7. The van der Waals surface area contributed by atoms with Crippen LogP contribution in [0.15, 0.2) is 58.3 Å². The zero-order valence-corrected chi connectivity index (χ0v) is 16.7. The molecule has 2 N–H and O–H groups in total. The normalized spacial score (nSPS) is 11.0. The number of urea groups is 1. The highest BCUT2D eigenvalue weighted by atomic mass is 32.2. The van der Waals surface area contributed by atoms with Gasteiger partial charge in [0.2, 0.25) is 0 Å². The highest BCUT2D eigenvalue weighted by molar-refractivity contribution is 7.99. The van der Waals surface area contributed by atoms with Crippen molar-refractivity contribution in [1.82, 2.24) is 4.90 Å². The van der Waals surface area contributed by atoms with Gasteiger partial charge in [-0.1, -0.05) is 12.1 Å². The van der Waals surface area contributed by atoms with Crippen molar-refractivity contribution in [2.45, 2.75) is 23.6 Å². The van der Waals surface area contributed by atoms with Gasteiger partial charge in [-0.2, -0.15) is 0 Å². The fourth-order valence-electron chi connectivity index (χ4n) is 2.36. The number of rotatable bonds is 7. The van der Waals surface area contributed by atoms with E-state index in [0.29, 0.717) is 24.5 Å². The van der Waals surface area contributed by atoms with Crippen LogP contribution in [-0.4, -0.2) is 38.7 Å². The van der Waals surface area contributed by atoms with Crippen LogP contribution in [-0.2, 0) is 10.0 Å². The van der Waals surface area contributed by atoms with E-state index < -0.39 is 10.0 Å². The lowest BCUT2D eigenvalue weighted by Gasteiger charge is -2.19. The third kappa shape index (κ3) is 4.92. The Morgan fingerprint density at radius 1 is 1.04 bits per heavy atom. The highest BCUT2D eigenvalue weighted by Crippen LogP contribution is 2.27. The SMILES string of the molecule is CCN(CC)C(=O)Nc1ccc(S(=O)(=O)Nc2ccccc2SC)cc1. The Labute approximate surface area is 159 Å². The average Bonchev–Trinajstić information content (AvgIpc) is 2.63. The first-order valence-electron chi connectivity index (χ1n) is 8.23. The first-order valence-corrected chi connectivity index (χ1v) is 10.9. The van der Waals surface area contributed by atoms with E-state index in [1.165, 1.54) is 23.9 Å². The molecule has 0 radical (unpaired) electrons. The second kappa shape index (κ2) is 8.95. The van der Waals surface area contributed by atoms with Crippen molar-refractivity contribution in [2.24, 2.45) is 0 Å². The Bertz CT molecular complexity index is 848. The van der Waals surface area contributed by atoms with Gasteiger partial charge in [-0.05, 0) is 56.5 Å². The topological polar surface area (TPSA) is 78.5 Å². The standard InChI is InChI=1S/C18H23N3O3S2/c1-4-21(5-2)18(22)19-14-10-12-15(13-11-14)26(23,24)20-16-8-6-7-9-17(16)25-3/h6-13,20H,4-5H2,1-3H3,(H,19,22). The van der Waals surface area contributed by atoms with Gasteiger partial charge in [0.05, 0.1) is 10.6 Å². The summed E-state index contributed by atoms with van der Waals surface area (Å²) in [7, 11) is -3.70. The van der Waals surface area contributed by atoms with E-state index in [1.807, 2.05) is 32.2 Å². The summed E-state index contributed by atoms with van der Waals surface area (Å²) in [6.45, 7) is 5.01. The van der Waals surface area contributed by atoms with Crippen molar-refractivity contribution >= 4 is 39.2 Å². The number of nitrogens with zero attached hydrogens (tertiary/aromatic N) is 1. The molecule has 0 saturated carbocycles. The van der Waals surface area contributed by atoms with Crippen molar-refractivity contribution in [1.29, 1.82) is 0 Å². The quantitative estimate of drug-likeness (QED) is 0.695. The van der Waals surface area contributed by atoms with E-state index in [0.717, 1.165) is 4.90 Å². The van der Waals surface area contributed by atoms with Crippen LogP contribution in [0, 0.1) is 0 Å². The molecule has 0 unspecified atom stereocenters. The van der Waals surface area contributed by atoms with Crippen LogP contribution in [0.4, 0.5) is 16.2 Å². The molecular weight excluding hydrogens is 370 g/mol. The van der Waals surface area contributed by atoms with Crippen LogP contribution in [0.25, 0.3) is 0 Å². The molecule has 2 rings (SSSR count). The molecule has 0 aromatic heterocycles. The largest absolute Gasteiger partial charge is 0.325 e. The number of para-hydroxylation sites is 1. The minimum absolute atomic E-state index is 0.134.